The minimum atomic E-state index is -0.862. The Bertz CT molecular complexity index is 732. The summed E-state index contributed by atoms with van der Waals surface area (Å²) in [6.07, 6.45) is 0. The first kappa shape index (κ1) is 15.3. The molecule has 0 amide bonds. The molecule has 0 bridgehead atoms. The third-order valence-electron chi connectivity index (χ3n) is 3.81. The Morgan fingerprint density at radius 3 is 2.82 bits per heavy atom. The second-order valence-electron chi connectivity index (χ2n) is 5.28. The second kappa shape index (κ2) is 5.87. The molecule has 1 atom stereocenters. The van der Waals surface area contributed by atoms with Crippen molar-refractivity contribution in [3.05, 3.63) is 45.5 Å². The third-order valence-corrected chi connectivity index (χ3v) is 4.55. The lowest BCUT2D eigenvalue weighted by Crippen LogP contribution is -2.47. The summed E-state index contributed by atoms with van der Waals surface area (Å²) in [4.78, 5) is 13.4. The zero-order valence-corrected chi connectivity index (χ0v) is 13.3. The van der Waals surface area contributed by atoms with Gasteiger partial charge in [-0.05, 0) is 24.6 Å². The van der Waals surface area contributed by atoms with Crippen LogP contribution in [0.5, 0.6) is 0 Å². The summed E-state index contributed by atoms with van der Waals surface area (Å²) in [5.74, 6) is 0.643. The number of hydrogen-bond donors (Lipinski definition) is 1. The lowest BCUT2D eigenvalue weighted by Gasteiger charge is -2.33. The second-order valence-corrected chi connectivity index (χ2v) is 6.10. The molecule has 0 radical (unpaired) electrons. The quantitative estimate of drug-likeness (QED) is 0.928. The maximum atomic E-state index is 11.6. The molecule has 8 heteroatoms. The van der Waals surface area contributed by atoms with Gasteiger partial charge in [0.15, 0.2) is 0 Å². The van der Waals surface area contributed by atoms with Crippen molar-refractivity contribution >= 4 is 29.2 Å². The molecule has 0 spiro atoms. The maximum Gasteiger partial charge on any atom is 0.322 e. The molecule has 0 aliphatic carbocycles. The van der Waals surface area contributed by atoms with Crippen molar-refractivity contribution < 1.29 is 9.90 Å². The SMILES string of the molecule is Cc1nnc2n1CC(C(=O)O)N(Cc1ccc(Cl)c(Cl)c1)C2. The minimum Gasteiger partial charge on any atom is -0.480 e. The molecule has 1 aliphatic rings. The molecular weight excluding hydrogens is 327 g/mol. The van der Waals surface area contributed by atoms with Crippen molar-refractivity contribution in [1.29, 1.82) is 0 Å². The van der Waals surface area contributed by atoms with Crippen LogP contribution in [0.15, 0.2) is 18.2 Å². The Morgan fingerprint density at radius 2 is 2.14 bits per heavy atom. The van der Waals surface area contributed by atoms with E-state index in [2.05, 4.69) is 10.2 Å². The molecule has 1 aromatic heterocycles. The van der Waals surface area contributed by atoms with Gasteiger partial charge in [-0.15, -0.1) is 10.2 Å². The highest BCUT2D eigenvalue weighted by Gasteiger charge is 2.33. The number of nitrogens with zero attached hydrogens (tertiary/aromatic N) is 4. The van der Waals surface area contributed by atoms with Gasteiger partial charge < -0.3 is 9.67 Å². The molecule has 0 saturated heterocycles. The number of aliphatic carboxylic acids is 1. The summed E-state index contributed by atoms with van der Waals surface area (Å²) in [5, 5.41) is 18.6. The Kier molecular flexibility index (Phi) is 4.08. The van der Waals surface area contributed by atoms with Gasteiger partial charge in [-0.3, -0.25) is 9.69 Å². The monoisotopic (exact) mass is 340 g/mol. The average molecular weight is 341 g/mol. The van der Waals surface area contributed by atoms with Crippen LogP contribution in [-0.2, 0) is 24.4 Å². The molecule has 116 valence electrons. The number of hydrogen-bond acceptors (Lipinski definition) is 4. The highest BCUT2D eigenvalue weighted by atomic mass is 35.5. The van der Waals surface area contributed by atoms with Crippen LogP contribution < -0.4 is 0 Å². The number of halogens is 2. The van der Waals surface area contributed by atoms with Crippen molar-refractivity contribution in [2.45, 2.75) is 32.6 Å². The molecule has 1 aliphatic heterocycles. The number of carboxylic acids is 1. The zero-order chi connectivity index (χ0) is 15.9. The Hall–Kier alpha value is -1.63. The van der Waals surface area contributed by atoms with Gasteiger partial charge in [0.25, 0.3) is 0 Å². The first-order valence-corrected chi connectivity index (χ1v) is 7.50. The van der Waals surface area contributed by atoms with Crippen LogP contribution in [0.1, 0.15) is 17.2 Å². The van der Waals surface area contributed by atoms with Gasteiger partial charge in [-0.25, -0.2) is 0 Å². The van der Waals surface area contributed by atoms with Crippen LogP contribution in [0.3, 0.4) is 0 Å². The van der Waals surface area contributed by atoms with Gasteiger partial charge in [0, 0.05) is 6.54 Å². The molecule has 1 unspecified atom stereocenters. The standard InChI is InChI=1S/C14H14Cl2N4O2/c1-8-17-18-13-7-19(12(14(21)22)6-20(8)13)5-9-2-3-10(15)11(16)4-9/h2-4,12H,5-7H2,1H3,(H,21,22). The van der Waals surface area contributed by atoms with Crippen LogP contribution in [-0.4, -0.2) is 36.8 Å². The molecule has 2 aromatic rings. The Morgan fingerprint density at radius 1 is 1.36 bits per heavy atom. The van der Waals surface area contributed by atoms with Crippen LogP contribution >= 0.6 is 23.2 Å². The van der Waals surface area contributed by atoms with Crippen LogP contribution in [0, 0.1) is 6.92 Å². The number of fused-ring (bicyclic) bond motifs is 1. The van der Waals surface area contributed by atoms with Gasteiger partial charge in [0.05, 0.1) is 23.1 Å². The topological polar surface area (TPSA) is 71.2 Å². The van der Waals surface area contributed by atoms with Crippen molar-refractivity contribution in [2.24, 2.45) is 0 Å². The number of aromatic nitrogens is 3. The fourth-order valence-electron chi connectivity index (χ4n) is 2.63. The molecule has 0 saturated carbocycles. The van der Waals surface area contributed by atoms with E-state index < -0.39 is 12.0 Å². The Balaban J connectivity index is 1.87. The van der Waals surface area contributed by atoms with Gasteiger partial charge in [0.2, 0.25) is 0 Å². The molecule has 3 rings (SSSR count). The number of benzene rings is 1. The van der Waals surface area contributed by atoms with Crippen molar-refractivity contribution in [2.75, 3.05) is 0 Å². The molecule has 2 heterocycles. The predicted molar refractivity (Wildman–Crippen MR) is 81.9 cm³/mol. The summed E-state index contributed by atoms with van der Waals surface area (Å²) in [6, 6.07) is 4.69. The number of carbonyl (C=O) groups is 1. The summed E-state index contributed by atoms with van der Waals surface area (Å²) < 4.78 is 1.85. The van der Waals surface area contributed by atoms with E-state index in [9.17, 15) is 9.90 Å². The molecular formula is C14H14Cl2N4O2. The normalized spacial score (nSPS) is 18.2. The summed E-state index contributed by atoms with van der Waals surface area (Å²) >= 11 is 11.9. The summed E-state index contributed by atoms with van der Waals surface area (Å²) in [7, 11) is 0. The largest absolute Gasteiger partial charge is 0.480 e. The lowest BCUT2D eigenvalue weighted by molar-refractivity contribution is -0.145. The van der Waals surface area contributed by atoms with E-state index in [0.717, 1.165) is 17.2 Å². The fourth-order valence-corrected chi connectivity index (χ4v) is 2.95. The smallest absolute Gasteiger partial charge is 0.322 e. The predicted octanol–water partition coefficient (Wildman–Crippen LogP) is 2.36. The third kappa shape index (κ3) is 2.82. The number of carboxylic acid groups (broad SMARTS) is 1. The van der Waals surface area contributed by atoms with Crippen molar-refractivity contribution in [1.82, 2.24) is 19.7 Å². The van der Waals surface area contributed by atoms with E-state index >= 15 is 0 Å². The van der Waals surface area contributed by atoms with Crippen LogP contribution in [0.2, 0.25) is 10.0 Å². The summed E-state index contributed by atoms with van der Waals surface area (Å²) in [5.41, 5.74) is 0.908. The lowest BCUT2D eigenvalue weighted by atomic mass is 10.1. The summed E-state index contributed by atoms with van der Waals surface area (Å²) in [6.45, 7) is 3.05. The van der Waals surface area contributed by atoms with E-state index in [4.69, 9.17) is 23.2 Å². The van der Waals surface area contributed by atoms with Gasteiger partial charge in [-0.1, -0.05) is 29.3 Å². The van der Waals surface area contributed by atoms with Crippen molar-refractivity contribution in [3.63, 3.8) is 0 Å². The first-order chi connectivity index (χ1) is 10.5. The zero-order valence-electron chi connectivity index (χ0n) is 11.8. The van der Waals surface area contributed by atoms with E-state index in [0.29, 0.717) is 29.7 Å². The van der Waals surface area contributed by atoms with E-state index in [1.54, 1.807) is 12.1 Å². The number of aryl methyl sites for hydroxylation is 1. The molecule has 22 heavy (non-hydrogen) atoms. The fraction of sp³-hybridized carbons (Fsp3) is 0.357. The molecule has 6 nitrogen and oxygen atoms in total. The highest BCUT2D eigenvalue weighted by Crippen LogP contribution is 2.25. The van der Waals surface area contributed by atoms with Crippen LogP contribution in [0.25, 0.3) is 0 Å². The Labute approximate surface area is 137 Å². The van der Waals surface area contributed by atoms with Gasteiger partial charge in [-0.2, -0.15) is 0 Å². The molecule has 0 fully saturated rings. The minimum absolute atomic E-state index is 0.338. The molecule has 1 aromatic carbocycles. The maximum absolute atomic E-state index is 11.6. The highest BCUT2D eigenvalue weighted by molar-refractivity contribution is 6.42. The van der Waals surface area contributed by atoms with E-state index in [-0.39, 0.29) is 0 Å². The first-order valence-electron chi connectivity index (χ1n) is 6.75. The number of rotatable bonds is 3. The van der Waals surface area contributed by atoms with Gasteiger partial charge in [0.1, 0.15) is 17.7 Å². The van der Waals surface area contributed by atoms with E-state index in [1.165, 1.54) is 0 Å². The van der Waals surface area contributed by atoms with Crippen molar-refractivity contribution in [3.8, 4) is 0 Å². The van der Waals surface area contributed by atoms with Crippen LogP contribution in [0.4, 0.5) is 0 Å². The van der Waals surface area contributed by atoms with E-state index in [1.807, 2.05) is 22.5 Å². The molecule has 1 N–H and O–H groups in total. The van der Waals surface area contributed by atoms with Gasteiger partial charge >= 0.3 is 5.97 Å². The average Bonchev–Trinajstić information content (AvgIpc) is 2.83.